The van der Waals surface area contributed by atoms with Gasteiger partial charge in [-0.25, -0.2) is 19.9 Å². The Kier molecular flexibility index (Phi) is 5.00. The van der Waals surface area contributed by atoms with Gasteiger partial charge in [-0.2, -0.15) is 0 Å². The minimum atomic E-state index is 0.0268. The van der Waals surface area contributed by atoms with E-state index >= 15 is 0 Å². The molecule has 1 unspecified atom stereocenters. The first-order valence-electron chi connectivity index (χ1n) is 10.0. The van der Waals surface area contributed by atoms with E-state index in [-0.39, 0.29) is 6.10 Å². The Morgan fingerprint density at radius 2 is 1.59 bits per heavy atom. The smallest absolute Gasteiger partial charge is 0.225 e. The molecule has 2 aliphatic heterocycles. The predicted molar refractivity (Wildman–Crippen MR) is 110 cm³/mol. The average molecular weight is 389 g/mol. The van der Waals surface area contributed by atoms with Crippen LogP contribution in [0.1, 0.15) is 24.6 Å². The highest BCUT2D eigenvalue weighted by atomic mass is 16.5. The highest BCUT2D eigenvalue weighted by Crippen LogP contribution is 2.35. The molecule has 0 N–H and O–H groups in total. The Balaban J connectivity index is 1.39. The minimum absolute atomic E-state index is 0.0268. The van der Waals surface area contributed by atoms with Crippen LogP contribution < -0.4 is 9.80 Å². The van der Waals surface area contributed by atoms with Crippen molar-refractivity contribution in [2.75, 3.05) is 42.6 Å². The Morgan fingerprint density at radius 1 is 0.862 bits per heavy atom. The standard InChI is InChI=1S/C21H23N7O/c1-3-18(29-14-1)19-17(16-4-8-22-9-5-16)15-25-21(26-19)28-12-10-27(11-13-28)20-23-6-2-7-24-20/h2,4-9,15,18H,1,3,10-14H2. The first kappa shape index (κ1) is 17.9. The summed E-state index contributed by atoms with van der Waals surface area (Å²) in [7, 11) is 0. The maximum atomic E-state index is 5.97. The molecule has 2 aliphatic rings. The van der Waals surface area contributed by atoms with Crippen LogP contribution in [0.15, 0.2) is 49.2 Å². The van der Waals surface area contributed by atoms with Crippen LogP contribution in [0.4, 0.5) is 11.9 Å². The summed E-state index contributed by atoms with van der Waals surface area (Å²) in [5.74, 6) is 1.54. The van der Waals surface area contributed by atoms with Crippen molar-refractivity contribution in [2.24, 2.45) is 0 Å². The number of aromatic nitrogens is 5. The van der Waals surface area contributed by atoms with Gasteiger partial charge < -0.3 is 14.5 Å². The van der Waals surface area contributed by atoms with Crippen molar-refractivity contribution in [1.29, 1.82) is 0 Å². The number of pyridine rings is 1. The van der Waals surface area contributed by atoms with E-state index < -0.39 is 0 Å². The summed E-state index contributed by atoms with van der Waals surface area (Å²) in [6.45, 7) is 4.13. The second-order valence-corrected chi connectivity index (χ2v) is 7.23. The van der Waals surface area contributed by atoms with E-state index in [0.717, 1.165) is 74.3 Å². The van der Waals surface area contributed by atoms with E-state index in [9.17, 15) is 0 Å². The van der Waals surface area contributed by atoms with Gasteiger partial charge in [-0.1, -0.05) is 0 Å². The van der Waals surface area contributed by atoms with Crippen LogP contribution in [0.2, 0.25) is 0 Å². The summed E-state index contributed by atoms with van der Waals surface area (Å²) < 4.78 is 5.97. The Labute approximate surface area is 169 Å². The van der Waals surface area contributed by atoms with Crippen LogP contribution in [0.3, 0.4) is 0 Å². The number of ether oxygens (including phenoxy) is 1. The molecule has 5 rings (SSSR count). The minimum Gasteiger partial charge on any atom is -0.372 e. The lowest BCUT2D eigenvalue weighted by molar-refractivity contribution is 0.109. The number of piperazine rings is 1. The molecular weight excluding hydrogens is 366 g/mol. The molecule has 5 heterocycles. The van der Waals surface area contributed by atoms with Gasteiger partial charge in [-0.05, 0) is 36.6 Å². The third kappa shape index (κ3) is 3.75. The van der Waals surface area contributed by atoms with Crippen LogP contribution in [0.25, 0.3) is 11.1 Å². The van der Waals surface area contributed by atoms with Crippen molar-refractivity contribution in [2.45, 2.75) is 18.9 Å². The van der Waals surface area contributed by atoms with E-state index in [0.29, 0.717) is 0 Å². The normalized spacial score (nSPS) is 19.5. The van der Waals surface area contributed by atoms with Gasteiger partial charge in [-0.15, -0.1) is 0 Å². The lowest BCUT2D eigenvalue weighted by atomic mass is 10.0. The number of rotatable bonds is 4. The summed E-state index contributed by atoms with van der Waals surface area (Å²) in [6.07, 6.45) is 11.2. The molecule has 0 aromatic carbocycles. The fraction of sp³-hybridized carbons (Fsp3) is 0.381. The van der Waals surface area contributed by atoms with Gasteiger partial charge in [0.05, 0.1) is 5.69 Å². The first-order valence-corrected chi connectivity index (χ1v) is 10.0. The molecule has 148 valence electrons. The summed E-state index contributed by atoms with van der Waals surface area (Å²) in [4.78, 5) is 26.9. The highest BCUT2D eigenvalue weighted by Gasteiger charge is 2.26. The van der Waals surface area contributed by atoms with Gasteiger partial charge in [-0.3, -0.25) is 4.98 Å². The maximum absolute atomic E-state index is 5.97. The van der Waals surface area contributed by atoms with Crippen LogP contribution >= 0.6 is 0 Å². The van der Waals surface area contributed by atoms with E-state index in [2.05, 4.69) is 24.8 Å². The van der Waals surface area contributed by atoms with E-state index in [1.54, 1.807) is 24.8 Å². The molecule has 29 heavy (non-hydrogen) atoms. The summed E-state index contributed by atoms with van der Waals surface area (Å²) in [6, 6.07) is 5.83. The summed E-state index contributed by atoms with van der Waals surface area (Å²) in [5, 5.41) is 0. The second-order valence-electron chi connectivity index (χ2n) is 7.23. The van der Waals surface area contributed by atoms with Crippen molar-refractivity contribution in [1.82, 2.24) is 24.9 Å². The van der Waals surface area contributed by atoms with Crippen LogP contribution in [-0.2, 0) is 4.74 Å². The molecule has 3 aromatic rings. The third-order valence-electron chi connectivity index (χ3n) is 5.43. The topological polar surface area (TPSA) is 80.2 Å². The summed E-state index contributed by atoms with van der Waals surface area (Å²) >= 11 is 0. The van der Waals surface area contributed by atoms with E-state index in [1.807, 2.05) is 24.4 Å². The van der Waals surface area contributed by atoms with Gasteiger partial charge in [0.2, 0.25) is 11.9 Å². The molecule has 0 bridgehead atoms. The van der Waals surface area contributed by atoms with Gasteiger partial charge in [0, 0.05) is 69.3 Å². The monoisotopic (exact) mass is 389 g/mol. The van der Waals surface area contributed by atoms with Crippen molar-refractivity contribution in [3.63, 3.8) is 0 Å². The Hall–Kier alpha value is -3.13. The lowest BCUT2D eigenvalue weighted by Gasteiger charge is -2.35. The zero-order chi connectivity index (χ0) is 19.5. The average Bonchev–Trinajstić information content (AvgIpc) is 3.35. The van der Waals surface area contributed by atoms with Crippen LogP contribution in [0.5, 0.6) is 0 Å². The van der Waals surface area contributed by atoms with Crippen LogP contribution in [-0.4, -0.2) is 57.7 Å². The Morgan fingerprint density at radius 3 is 2.28 bits per heavy atom. The molecular formula is C21H23N7O. The fourth-order valence-corrected chi connectivity index (χ4v) is 3.89. The molecule has 0 spiro atoms. The van der Waals surface area contributed by atoms with Crippen molar-refractivity contribution >= 4 is 11.9 Å². The third-order valence-corrected chi connectivity index (χ3v) is 5.43. The molecule has 0 amide bonds. The molecule has 2 fully saturated rings. The van der Waals surface area contributed by atoms with Crippen LogP contribution in [0, 0.1) is 0 Å². The first-order chi connectivity index (χ1) is 14.4. The molecule has 8 heteroatoms. The predicted octanol–water partition coefficient (Wildman–Crippen LogP) is 2.51. The van der Waals surface area contributed by atoms with Gasteiger partial charge in [0.1, 0.15) is 6.10 Å². The molecule has 8 nitrogen and oxygen atoms in total. The lowest BCUT2D eigenvalue weighted by Crippen LogP contribution is -2.47. The van der Waals surface area contributed by atoms with Gasteiger partial charge in [0.25, 0.3) is 0 Å². The maximum Gasteiger partial charge on any atom is 0.225 e. The van der Waals surface area contributed by atoms with Gasteiger partial charge >= 0.3 is 0 Å². The Bertz CT molecular complexity index is 940. The number of hydrogen-bond acceptors (Lipinski definition) is 8. The van der Waals surface area contributed by atoms with Crippen molar-refractivity contribution in [3.8, 4) is 11.1 Å². The number of anilines is 2. The zero-order valence-corrected chi connectivity index (χ0v) is 16.2. The highest BCUT2D eigenvalue weighted by molar-refractivity contribution is 5.66. The molecule has 0 aliphatic carbocycles. The molecule has 0 radical (unpaired) electrons. The second kappa shape index (κ2) is 8.08. The zero-order valence-electron chi connectivity index (χ0n) is 16.2. The largest absolute Gasteiger partial charge is 0.372 e. The number of hydrogen-bond donors (Lipinski definition) is 0. The van der Waals surface area contributed by atoms with Crippen molar-refractivity contribution < 1.29 is 4.74 Å². The molecule has 1 atom stereocenters. The molecule has 0 saturated carbocycles. The summed E-state index contributed by atoms with van der Waals surface area (Å²) in [5.41, 5.74) is 3.08. The fourth-order valence-electron chi connectivity index (χ4n) is 3.89. The number of nitrogens with zero attached hydrogens (tertiary/aromatic N) is 7. The molecule has 2 saturated heterocycles. The molecule has 3 aromatic heterocycles. The van der Waals surface area contributed by atoms with E-state index in [4.69, 9.17) is 14.7 Å². The SMILES string of the molecule is c1cnc(N2CCN(c3ncc(-c4ccncc4)c(C4CCCO4)n3)CC2)nc1. The van der Waals surface area contributed by atoms with E-state index in [1.165, 1.54) is 0 Å². The van der Waals surface area contributed by atoms with Crippen molar-refractivity contribution in [3.05, 3.63) is 54.9 Å². The van der Waals surface area contributed by atoms with Gasteiger partial charge in [0.15, 0.2) is 0 Å². The quantitative estimate of drug-likeness (QED) is 0.673.